The van der Waals surface area contributed by atoms with Crippen LogP contribution in [-0.2, 0) is 6.54 Å². The average molecular weight is 297 g/mol. The van der Waals surface area contributed by atoms with Crippen molar-refractivity contribution in [2.75, 3.05) is 6.61 Å². The van der Waals surface area contributed by atoms with E-state index in [4.69, 9.17) is 4.74 Å². The third-order valence-corrected chi connectivity index (χ3v) is 3.88. The second-order valence-corrected chi connectivity index (χ2v) is 5.56. The average Bonchev–Trinajstić information content (AvgIpc) is 2.58. The molecule has 2 rings (SSSR count). The van der Waals surface area contributed by atoms with Crippen LogP contribution in [0, 0.1) is 0 Å². The molecule has 1 unspecified atom stereocenters. The van der Waals surface area contributed by atoms with Crippen molar-refractivity contribution in [3.05, 3.63) is 65.7 Å². The maximum absolute atomic E-state index is 5.91. The Labute approximate surface area is 134 Å². The van der Waals surface area contributed by atoms with E-state index in [0.717, 1.165) is 38.2 Å². The molecule has 118 valence electrons. The van der Waals surface area contributed by atoms with E-state index >= 15 is 0 Å². The molecule has 2 aromatic rings. The normalized spacial score (nSPS) is 12.1. The van der Waals surface area contributed by atoms with Gasteiger partial charge in [0.1, 0.15) is 5.75 Å². The largest absolute Gasteiger partial charge is 0.493 e. The van der Waals surface area contributed by atoms with E-state index in [1.165, 1.54) is 11.1 Å². The highest BCUT2D eigenvalue weighted by molar-refractivity contribution is 5.33. The van der Waals surface area contributed by atoms with Crippen molar-refractivity contribution >= 4 is 0 Å². The maximum atomic E-state index is 5.91. The molecule has 0 radical (unpaired) electrons. The summed E-state index contributed by atoms with van der Waals surface area (Å²) in [6.45, 7) is 6.02. The van der Waals surface area contributed by atoms with Crippen LogP contribution in [0.25, 0.3) is 0 Å². The number of ether oxygens (including phenoxy) is 1. The van der Waals surface area contributed by atoms with E-state index in [1.807, 2.05) is 6.07 Å². The van der Waals surface area contributed by atoms with Crippen molar-refractivity contribution in [1.82, 2.24) is 5.32 Å². The van der Waals surface area contributed by atoms with Gasteiger partial charge < -0.3 is 10.1 Å². The van der Waals surface area contributed by atoms with E-state index in [-0.39, 0.29) is 0 Å². The molecule has 22 heavy (non-hydrogen) atoms. The van der Waals surface area contributed by atoms with E-state index in [0.29, 0.717) is 6.04 Å². The van der Waals surface area contributed by atoms with Crippen LogP contribution < -0.4 is 10.1 Å². The Bertz CT molecular complexity index is 538. The summed E-state index contributed by atoms with van der Waals surface area (Å²) in [6, 6.07) is 19.3. The topological polar surface area (TPSA) is 21.3 Å². The van der Waals surface area contributed by atoms with E-state index in [2.05, 4.69) is 67.7 Å². The molecule has 2 aromatic carbocycles. The number of nitrogens with one attached hydrogen (secondary N) is 1. The summed E-state index contributed by atoms with van der Waals surface area (Å²) in [4.78, 5) is 0. The van der Waals surface area contributed by atoms with Crippen LogP contribution in [0.1, 0.15) is 50.3 Å². The van der Waals surface area contributed by atoms with Crippen molar-refractivity contribution in [2.45, 2.75) is 45.7 Å². The lowest BCUT2D eigenvalue weighted by molar-refractivity contribution is 0.305. The smallest absolute Gasteiger partial charge is 0.123 e. The Kier molecular flexibility index (Phi) is 6.98. The highest BCUT2D eigenvalue weighted by Crippen LogP contribution is 2.21. The van der Waals surface area contributed by atoms with E-state index in [9.17, 15) is 0 Å². The van der Waals surface area contributed by atoms with Gasteiger partial charge in [-0.25, -0.2) is 0 Å². The summed E-state index contributed by atoms with van der Waals surface area (Å²) in [6.07, 6.45) is 3.33. The van der Waals surface area contributed by atoms with Gasteiger partial charge in [-0.3, -0.25) is 0 Å². The van der Waals surface area contributed by atoms with Gasteiger partial charge in [0.05, 0.1) is 6.61 Å². The minimum Gasteiger partial charge on any atom is -0.493 e. The fraction of sp³-hybridized carbons (Fsp3) is 0.400. The SMILES string of the molecule is CCCCOc1ccccc1CNC(CC)c1ccccc1. The lowest BCUT2D eigenvalue weighted by Crippen LogP contribution is -2.20. The van der Waals surface area contributed by atoms with Gasteiger partial charge in [0.2, 0.25) is 0 Å². The molecule has 0 aromatic heterocycles. The van der Waals surface area contributed by atoms with Crippen LogP contribution in [-0.4, -0.2) is 6.61 Å². The minimum atomic E-state index is 0.380. The maximum Gasteiger partial charge on any atom is 0.123 e. The quantitative estimate of drug-likeness (QED) is 0.650. The Morgan fingerprint density at radius 2 is 1.68 bits per heavy atom. The standard InChI is InChI=1S/C20H27NO/c1-3-5-15-22-20-14-10-9-13-18(20)16-21-19(4-2)17-11-7-6-8-12-17/h6-14,19,21H,3-5,15-16H2,1-2H3. The number of para-hydroxylation sites is 1. The molecule has 1 N–H and O–H groups in total. The molecule has 2 heteroatoms. The van der Waals surface area contributed by atoms with Gasteiger partial charge in [0, 0.05) is 18.2 Å². The van der Waals surface area contributed by atoms with Crippen molar-refractivity contribution in [1.29, 1.82) is 0 Å². The molecule has 0 spiro atoms. The Morgan fingerprint density at radius 3 is 2.41 bits per heavy atom. The molecule has 0 heterocycles. The summed E-state index contributed by atoms with van der Waals surface area (Å²) in [7, 11) is 0. The highest BCUT2D eigenvalue weighted by Gasteiger charge is 2.09. The zero-order valence-corrected chi connectivity index (χ0v) is 13.7. The first-order valence-electron chi connectivity index (χ1n) is 8.34. The van der Waals surface area contributed by atoms with Crippen LogP contribution in [0.2, 0.25) is 0 Å². The summed E-state index contributed by atoms with van der Waals surface area (Å²) in [5, 5.41) is 3.65. The molecular formula is C20H27NO. The van der Waals surface area contributed by atoms with Crippen LogP contribution in [0.3, 0.4) is 0 Å². The van der Waals surface area contributed by atoms with Crippen LogP contribution in [0.4, 0.5) is 0 Å². The van der Waals surface area contributed by atoms with Gasteiger partial charge in [0.25, 0.3) is 0 Å². The molecule has 0 saturated carbocycles. The Balaban J connectivity index is 1.98. The summed E-state index contributed by atoms with van der Waals surface area (Å²) < 4.78 is 5.91. The van der Waals surface area contributed by atoms with Gasteiger partial charge in [-0.15, -0.1) is 0 Å². The molecule has 0 fully saturated rings. The zero-order chi connectivity index (χ0) is 15.6. The first-order valence-corrected chi connectivity index (χ1v) is 8.34. The monoisotopic (exact) mass is 297 g/mol. The molecule has 1 atom stereocenters. The first-order chi connectivity index (χ1) is 10.8. The second kappa shape index (κ2) is 9.26. The van der Waals surface area contributed by atoms with Crippen LogP contribution in [0.15, 0.2) is 54.6 Å². The van der Waals surface area contributed by atoms with Crippen molar-refractivity contribution < 1.29 is 4.74 Å². The van der Waals surface area contributed by atoms with Gasteiger partial charge in [-0.2, -0.15) is 0 Å². The van der Waals surface area contributed by atoms with Gasteiger partial charge in [-0.05, 0) is 24.5 Å². The summed E-state index contributed by atoms with van der Waals surface area (Å²) in [5.41, 5.74) is 2.57. The van der Waals surface area contributed by atoms with Crippen molar-refractivity contribution in [2.24, 2.45) is 0 Å². The summed E-state index contributed by atoms with van der Waals surface area (Å²) >= 11 is 0. The molecule has 2 nitrogen and oxygen atoms in total. The molecule has 0 aliphatic carbocycles. The minimum absolute atomic E-state index is 0.380. The van der Waals surface area contributed by atoms with Crippen LogP contribution in [0.5, 0.6) is 5.75 Å². The molecule has 0 saturated heterocycles. The summed E-state index contributed by atoms with van der Waals surface area (Å²) in [5.74, 6) is 1.01. The predicted molar refractivity (Wildman–Crippen MR) is 93.2 cm³/mol. The van der Waals surface area contributed by atoms with Gasteiger partial charge >= 0.3 is 0 Å². The van der Waals surface area contributed by atoms with Gasteiger partial charge in [-0.1, -0.05) is 68.8 Å². The lowest BCUT2D eigenvalue weighted by Gasteiger charge is -2.19. The zero-order valence-electron chi connectivity index (χ0n) is 13.7. The number of hydrogen-bond acceptors (Lipinski definition) is 2. The van der Waals surface area contributed by atoms with E-state index < -0.39 is 0 Å². The molecule has 0 aliphatic heterocycles. The molecule has 0 bridgehead atoms. The highest BCUT2D eigenvalue weighted by atomic mass is 16.5. The Hall–Kier alpha value is -1.80. The molecule has 0 aliphatic rings. The third kappa shape index (κ3) is 4.88. The second-order valence-electron chi connectivity index (χ2n) is 5.56. The number of unbranched alkanes of at least 4 members (excludes halogenated alkanes) is 1. The van der Waals surface area contributed by atoms with E-state index in [1.54, 1.807) is 0 Å². The molecular weight excluding hydrogens is 270 g/mol. The van der Waals surface area contributed by atoms with Crippen LogP contribution >= 0.6 is 0 Å². The van der Waals surface area contributed by atoms with Gasteiger partial charge in [0.15, 0.2) is 0 Å². The lowest BCUT2D eigenvalue weighted by atomic mass is 10.0. The Morgan fingerprint density at radius 1 is 0.955 bits per heavy atom. The third-order valence-electron chi connectivity index (χ3n) is 3.88. The first kappa shape index (κ1) is 16.6. The molecule has 0 amide bonds. The number of hydrogen-bond donors (Lipinski definition) is 1. The number of rotatable bonds is 9. The van der Waals surface area contributed by atoms with Crippen molar-refractivity contribution in [3.63, 3.8) is 0 Å². The fourth-order valence-electron chi connectivity index (χ4n) is 2.53. The number of benzene rings is 2. The fourth-order valence-corrected chi connectivity index (χ4v) is 2.53. The predicted octanol–water partition coefficient (Wildman–Crippen LogP) is 5.11. The van der Waals surface area contributed by atoms with Crippen molar-refractivity contribution in [3.8, 4) is 5.75 Å².